The predicted octanol–water partition coefficient (Wildman–Crippen LogP) is 7.22. The van der Waals surface area contributed by atoms with Gasteiger partial charge < -0.3 is 9.64 Å². The number of carbonyl (C=O) groups excluding carboxylic acids is 1. The van der Waals surface area contributed by atoms with Crippen LogP contribution in [0.1, 0.15) is 84.6 Å². The van der Waals surface area contributed by atoms with Gasteiger partial charge in [0.2, 0.25) is 6.04 Å². The van der Waals surface area contributed by atoms with Crippen molar-refractivity contribution < 1.29 is 14.1 Å². The van der Waals surface area contributed by atoms with E-state index in [0.29, 0.717) is 23.7 Å². The summed E-state index contributed by atoms with van der Waals surface area (Å²) in [6.45, 7) is 6.88. The van der Waals surface area contributed by atoms with E-state index in [4.69, 9.17) is 4.74 Å². The van der Waals surface area contributed by atoms with Crippen molar-refractivity contribution in [3.05, 3.63) is 48.5 Å². The van der Waals surface area contributed by atoms with Gasteiger partial charge >= 0.3 is 5.97 Å². The van der Waals surface area contributed by atoms with Crippen molar-refractivity contribution in [1.29, 1.82) is 0 Å². The van der Waals surface area contributed by atoms with E-state index < -0.39 is 0 Å². The molecule has 5 nitrogen and oxygen atoms in total. The van der Waals surface area contributed by atoms with Gasteiger partial charge in [0, 0.05) is 23.7 Å². The highest BCUT2D eigenvalue weighted by atomic mass is 16.5. The minimum absolute atomic E-state index is 0.0200. The lowest BCUT2D eigenvalue weighted by Crippen LogP contribution is -2.39. The zero-order valence-electron chi connectivity index (χ0n) is 24.8. The average molecular weight is 541 g/mol. The van der Waals surface area contributed by atoms with Crippen LogP contribution in [0.2, 0.25) is 0 Å². The second-order valence-electron chi connectivity index (χ2n) is 13.7. The molecule has 3 aromatic rings. The number of aromatic nitrogens is 2. The fourth-order valence-electron chi connectivity index (χ4n) is 7.55. The molecule has 1 aromatic heterocycles. The SMILES string of the molecule is CC(C)[C@@H]1CC[C@@H](C)CC1OC(=O)[C@@H](C1CC1)n1c(-c2ccc(N(C3CC3)C3CC3)cc2)[n+](C)c2ccccc21. The first-order valence-corrected chi connectivity index (χ1v) is 16.0. The minimum atomic E-state index is -0.291. The predicted molar refractivity (Wildman–Crippen MR) is 160 cm³/mol. The van der Waals surface area contributed by atoms with E-state index in [9.17, 15) is 4.79 Å². The first-order chi connectivity index (χ1) is 19.4. The Bertz CT molecular complexity index is 1370. The first-order valence-electron chi connectivity index (χ1n) is 16.0. The number of carbonyl (C=O) groups is 1. The van der Waals surface area contributed by atoms with Crippen LogP contribution in [-0.4, -0.2) is 28.7 Å². The summed E-state index contributed by atoms with van der Waals surface area (Å²) in [6.07, 6.45) is 10.9. The molecule has 2 aromatic carbocycles. The standard InChI is InChI=1S/C35H46N3O2/c1-22(2)29-20-9-23(3)21-32(29)40-35(39)33(24-10-11-24)38-31-8-6-5-7-30(31)36(4)34(38)25-12-14-26(15-13-25)37(27-16-17-27)28-18-19-28/h5-8,12-15,22-24,27-29,32-33H,9-11,16-21H2,1-4H3/q+1/t23-,29+,32?,33-/m1/s1. The Hall–Kier alpha value is -2.82. The van der Waals surface area contributed by atoms with E-state index >= 15 is 0 Å². The molecule has 0 bridgehead atoms. The number of aryl methyl sites for hydroxylation is 1. The molecule has 5 heteroatoms. The molecule has 0 radical (unpaired) electrons. The Morgan fingerprint density at radius 1 is 0.925 bits per heavy atom. The van der Waals surface area contributed by atoms with Gasteiger partial charge in [-0.2, -0.15) is 0 Å². The van der Waals surface area contributed by atoms with Crippen molar-refractivity contribution in [3.63, 3.8) is 0 Å². The lowest BCUT2D eigenvalue weighted by atomic mass is 9.75. The summed E-state index contributed by atoms with van der Waals surface area (Å²) in [4.78, 5) is 16.9. The zero-order valence-corrected chi connectivity index (χ0v) is 24.8. The quantitative estimate of drug-likeness (QED) is 0.212. The molecule has 4 fully saturated rings. The molecular weight excluding hydrogens is 494 g/mol. The van der Waals surface area contributed by atoms with Gasteiger partial charge in [-0.1, -0.05) is 39.3 Å². The van der Waals surface area contributed by atoms with Crippen molar-refractivity contribution in [3.8, 4) is 11.4 Å². The van der Waals surface area contributed by atoms with E-state index in [0.717, 1.165) is 54.6 Å². The Balaban J connectivity index is 1.27. The third kappa shape index (κ3) is 4.84. The maximum absolute atomic E-state index is 14.3. The van der Waals surface area contributed by atoms with Crippen molar-refractivity contribution in [2.75, 3.05) is 4.90 Å². The Kier molecular flexibility index (Phi) is 6.67. The summed E-state index contributed by atoms with van der Waals surface area (Å²) in [5.41, 5.74) is 4.79. The smallest absolute Gasteiger partial charge is 0.352 e. The minimum Gasteiger partial charge on any atom is -0.459 e. The van der Waals surface area contributed by atoms with Crippen LogP contribution in [0.3, 0.4) is 0 Å². The van der Waals surface area contributed by atoms with Crippen molar-refractivity contribution in [1.82, 2.24) is 4.57 Å². The van der Waals surface area contributed by atoms with Crippen molar-refractivity contribution >= 4 is 22.7 Å². The average Bonchev–Trinajstić information content (AvgIpc) is 3.78. The molecule has 4 aliphatic carbocycles. The summed E-state index contributed by atoms with van der Waals surface area (Å²) in [6, 6.07) is 18.9. The van der Waals surface area contributed by atoms with Gasteiger partial charge in [-0.3, -0.25) is 0 Å². The molecule has 4 aliphatic rings. The van der Waals surface area contributed by atoms with Gasteiger partial charge in [-0.25, -0.2) is 13.9 Å². The molecule has 0 amide bonds. The molecule has 40 heavy (non-hydrogen) atoms. The number of para-hydroxylation sites is 2. The van der Waals surface area contributed by atoms with Crippen LogP contribution in [0.5, 0.6) is 0 Å². The summed E-state index contributed by atoms with van der Waals surface area (Å²) >= 11 is 0. The molecule has 7 rings (SSSR count). The molecule has 1 unspecified atom stereocenters. The summed E-state index contributed by atoms with van der Waals surface area (Å²) in [7, 11) is 2.15. The Labute approximate surface area is 239 Å². The van der Waals surface area contributed by atoms with Crippen molar-refractivity contribution in [2.45, 2.75) is 103 Å². The van der Waals surface area contributed by atoms with Gasteiger partial charge in [-0.05, 0) is 106 Å². The molecule has 0 spiro atoms. The third-order valence-electron chi connectivity index (χ3n) is 10.2. The van der Waals surface area contributed by atoms with Crippen LogP contribution in [0.25, 0.3) is 22.4 Å². The lowest BCUT2D eigenvalue weighted by Gasteiger charge is -2.37. The van der Waals surface area contributed by atoms with Gasteiger partial charge in [0.15, 0.2) is 11.0 Å². The Morgan fingerprint density at radius 2 is 1.60 bits per heavy atom. The maximum Gasteiger partial charge on any atom is 0.352 e. The molecule has 4 atom stereocenters. The summed E-state index contributed by atoms with van der Waals surface area (Å²) < 4.78 is 11.2. The normalized spacial score (nSPS) is 25.8. The second-order valence-corrected chi connectivity index (χ2v) is 13.7. The fourth-order valence-corrected chi connectivity index (χ4v) is 7.55. The number of fused-ring (bicyclic) bond motifs is 1. The van der Waals surface area contributed by atoms with Gasteiger partial charge in [0.25, 0.3) is 5.82 Å². The van der Waals surface area contributed by atoms with E-state index in [1.54, 1.807) is 0 Å². The number of ether oxygens (including phenoxy) is 1. The number of imidazole rings is 1. The fraction of sp³-hybridized carbons (Fsp3) is 0.600. The van der Waals surface area contributed by atoms with Crippen molar-refractivity contribution in [2.24, 2.45) is 30.7 Å². The summed E-state index contributed by atoms with van der Waals surface area (Å²) in [5.74, 6) is 2.99. The molecule has 1 heterocycles. The van der Waals surface area contributed by atoms with Gasteiger partial charge in [0.1, 0.15) is 6.10 Å². The number of nitrogens with zero attached hydrogens (tertiary/aromatic N) is 3. The van der Waals surface area contributed by atoms with Crippen LogP contribution in [-0.2, 0) is 16.6 Å². The second kappa shape index (κ2) is 10.2. The highest BCUT2D eigenvalue weighted by Crippen LogP contribution is 2.46. The zero-order chi connectivity index (χ0) is 27.5. The van der Waals surface area contributed by atoms with E-state index in [-0.39, 0.29) is 18.1 Å². The molecule has 0 N–H and O–H groups in total. The van der Waals surface area contributed by atoms with Crippen LogP contribution >= 0.6 is 0 Å². The van der Waals surface area contributed by atoms with Crippen LogP contribution < -0.4 is 9.47 Å². The topological polar surface area (TPSA) is 38.4 Å². The number of hydrogen-bond donors (Lipinski definition) is 0. The lowest BCUT2D eigenvalue weighted by molar-refractivity contribution is -0.634. The molecule has 0 saturated heterocycles. The molecular formula is C35H46N3O2+. The largest absolute Gasteiger partial charge is 0.459 e. The van der Waals surface area contributed by atoms with Crippen LogP contribution in [0, 0.1) is 23.7 Å². The first kappa shape index (κ1) is 26.1. The van der Waals surface area contributed by atoms with Crippen LogP contribution in [0.4, 0.5) is 5.69 Å². The van der Waals surface area contributed by atoms with Gasteiger partial charge in [-0.15, -0.1) is 0 Å². The van der Waals surface area contributed by atoms with E-state index in [1.807, 2.05) is 0 Å². The number of esters is 1. The molecule has 4 saturated carbocycles. The number of anilines is 1. The maximum atomic E-state index is 14.3. The van der Waals surface area contributed by atoms with E-state index in [1.165, 1.54) is 43.4 Å². The van der Waals surface area contributed by atoms with E-state index in [2.05, 4.69) is 90.4 Å². The third-order valence-corrected chi connectivity index (χ3v) is 10.2. The van der Waals surface area contributed by atoms with Gasteiger partial charge in [0.05, 0.1) is 12.6 Å². The summed E-state index contributed by atoms with van der Waals surface area (Å²) in [5, 5.41) is 0. The highest BCUT2D eigenvalue weighted by Gasteiger charge is 2.47. The highest BCUT2D eigenvalue weighted by molar-refractivity contribution is 5.83. The van der Waals surface area contributed by atoms with Crippen LogP contribution in [0.15, 0.2) is 48.5 Å². The molecule has 0 aliphatic heterocycles. The number of benzene rings is 2. The molecule has 212 valence electrons. The number of rotatable bonds is 9. The number of hydrogen-bond acceptors (Lipinski definition) is 3. The Morgan fingerprint density at radius 3 is 2.23 bits per heavy atom. The monoisotopic (exact) mass is 540 g/mol.